The molecule has 6 heteroatoms. The molecular weight excluding hydrogens is 175 g/mol. The highest BCUT2D eigenvalue weighted by Crippen LogP contribution is 2.22. The Bertz CT molecular complexity index is 128. The fourth-order valence-corrected chi connectivity index (χ4v) is 0.762. The van der Waals surface area contributed by atoms with Gasteiger partial charge in [0.15, 0.2) is 0 Å². The zero-order chi connectivity index (χ0) is 9.78. The van der Waals surface area contributed by atoms with Gasteiger partial charge in [-0.05, 0) is 13.5 Å². The van der Waals surface area contributed by atoms with Gasteiger partial charge in [0.25, 0.3) is 0 Å². The molecule has 0 saturated carbocycles. The second kappa shape index (κ2) is 4.64. The zero-order valence-electron chi connectivity index (χ0n) is 6.60. The number of hydrogen-bond acceptors (Lipinski definition) is 3. The Kier molecular flexibility index (Phi) is 4.51. The lowest BCUT2D eigenvalue weighted by Crippen LogP contribution is -2.43. The summed E-state index contributed by atoms with van der Waals surface area (Å²) in [4.78, 5) is 0. The highest BCUT2D eigenvalue weighted by Gasteiger charge is 2.39. The fourth-order valence-electron chi connectivity index (χ4n) is 0.762. The Morgan fingerprint density at radius 3 is 2.17 bits per heavy atom. The van der Waals surface area contributed by atoms with Gasteiger partial charge in [-0.25, -0.2) is 0 Å². The third-order valence-corrected chi connectivity index (χ3v) is 1.46. The van der Waals surface area contributed by atoms with Gasteiger partial charge in [-0.15, -0.1) is 0 Å². The number of hydrogen-bond donors (Lipinski definition) is 3. The standard InChI is InChI=1S/C6H12F3NO2/c1-10-5(6(7,8)9)2-4(12)3-11/h4-5,10-12H,2-3H2,1H3/t4-,5-/m0/s1. The predicted octanol–water partition coefficient (Wildman–Crippen LogP) is -0.120. The quantitative estimate of drug-likeness (QED) is 0.575. The van der Waals surface area contributed by atoms with Crippen molar-refractivity contribution in [3.05, 3.63) is 0 Å². The van der Waals surface area contributed by atoms with Gasteiger partial charge in [-0.2, -0.15) is 13.2 Å². The molecule has 0 aromatic carbocycles. The number of aliphatic hydroxyl groups excluding tert-OH is 2. The van der Waals surface area contributed by atoms with Crippen LogP contribution in [0.5, 0.6) is 0 Å². The molecule has 0 aliphatic carbocycles. The van der Waals surface area contributed by atoms with Crippen LogP contribution in [-0.2, 0) is 0 Å². The smallest absolute Gasteiger partial charge is 0.394 e. The van der Waals surface area contributed by atoms with Crippen LogP contribution in [0.2, 0.25) is 0 Å². The Morgan fingerprint density at radius 1 is 1.42 bits per heavy atom. The second-order valence-corrected chi connectivity index (χ2v) is 2.45. The number of halogens is 3. The molecule has 0 aromatic heterocycles. The maximum absolute atomic E-state index is 12.0. The van der Waals surface area contributed by atoms with Crippen molar-refractivity contribution in [3.63, 3.8) is 0 Å². The van der Waals surface area contributed by atoms with E-state index in [9.17, 15) is 13.2 Å². The molecule has 0 saturated heterocycles. The van der Waals surface area contributed by atoms with Crippen molar-refractivity contribution in [2.75, 3.05) is 13.7 Å². The highest BCUT2D eigenvalue weighted by molar-refractivity contribution is 4.76. The molecule has 0 bridgehead atoms. The van der Waals surface area contributed by atoms with Gasteiger partial charge >= 0.3 is 6.18 Å². The van der Waals surface area contributed by atoms with E-state index in [2.05, 4.69) is 0 Å². The molecule has 0 aromatic rings. The van der Waals surface area contributed by atoms with Gasteiger partial charge in [0.1, 0.15) is 6.04 Å². The summed E-state index contributed by atoms with van der Waals surface area (Å²) < 4.78 is 35.9. The summed E-state index contributed by atoms with van der Waals surface area (Å²) in [5, 5.41) is 19.0. The summed E-state index contributed by atoms with van der Waals surface area (Å²) in [5.41, 5.74) is 0. The summed E-state index contributed by atoms with van der Waals surface area (Å²) in [6.07, 6.45) is -6.24. The second-order valence-electron chi connectivity index (χ2n) is 2.45. The number of alkyl halides is 3. The van der Waals surface area contributed by atoms with Crippen molar-refractivity contribution in [3.8, 4) is 0 Å². The number of aliphatic hydroxyl groups is 2. The van der Waals surface area contributed by atoms with E-state index < -0.39 is 31.3 Å². The molecular formula is C6H12F3NO2. The molecule has 0 rings (SSSR count). The van der Waals surface area contributed by atoms with E-state index in [-0.39, 0.29) is 0 Å². The van der Waals surface area contributed by atoms with E-state index in [1.165, 1.54) is 0 Å². The molecule has 0 fully saturated rings. The fraction of sp³-hybridized carbons (Fsp3) is 1.00. The molecule has 0 heterocycles. The number of rotatable bonds is 4. The first-order chi connectivity index (χ1) is 5.41. The molecule has 3 N–H and O–H groups in total. The lowest BCUT2D eigenvalue weighted by atomic mass is 10.1. The minimum absolute atomic E-state index is 0.531. The third-order valence-electron chi connectivity index (χ3n) is 1.46. The number of nitrogens with one attached hydrogen (secondary N) is 1. The summed E-state index contributed by atoms with van der Waals surface area (Å²) in [6.45, 7) is -0.658. The minimum Gasteiger partial charge on any atom is -0.394 e. The molecule has 0 aliphatic rings. The first-order valence-corrected chi connectivity index (χ1v) is 3.44. The van der Waals surface area contributed by atoms with Crippen LogP contribution in [0.1, 0.15) is 6.42 Å². The molecule has 12 heavy (non-hydrogen) atoms. The summed E-state index contributed by atoms with van der Waals surface area (Å²) in [5.74, 6) is 0. The lowest BCUT2D eigenvalue weighted by molar-refractivity contribution is -0.161. The van der Waals surface area contributed by atoms with Crippen LogP contribution in [0.25, 0.3) is 0 Å². The zero-order valence-corrected chi connectivity index (χ0v) is 6.60. The predicted molar refractivity (Wildman–Crippen MR) is 36.6 cm³/mol. The normalized spacial score (nSPS) is 17.5. The van der Waals surface area contributed by atoms with Crippen molar-refractivity contribution in [1.29, 1.82) is 0 Å². The van der Waals surface area contributed by atoms with Gasteiger partial charge in [0.2, 0.25) is 0 Å². The molecule has 3 nitrogen and oxygen atoms in total. The molecule has 0 spiro atoms. The van der Waals surface area contributed by atoms with Crippen LogP contribution in [-0.4, -0.2) is 42.2 Å². The van der Waals surface area contributed by atoms with E-state index >= 15 is 0 Å². The van der Waals surface area contributed by atoms with Crippen LogP contribution in [0.15, 0.2) is 0 Å². The molecule has 2 atom stereocenters. The average Bonchev–Trinajstić information content (AvgIpc) is 1.97. The third kappa shape index (κ3) is 3.89. The maximum Gasteiger partial charge on any atom is 0.403 e. The Hall–Kier alpha value is -0.330. The summed E-state index contributed by atoms with van der Waals surface area (Å²) in [7, 11) is 1.16. The van der Waals surface area contributed by atoms with E-state index in [1.54, 1.807) is 0 Å². The van der Waals surface area contributed by atoms with Crippen molar-refractivity contribution in [2.24, 2.45) is 0 Å². The maximum atomic E-state index is 12.0. The van der Waals surface area contributed by atoms with Gasteiger partial charge in [-0.3, -0.25) is 0 Å². The van der Waals surface area contributed by atoms with E-state index in [0.717, 1.165) is 7.05 Å². The van der Waals surface area contributed by atoms with E-state index in [1.807, 2.05) is 5.32 Å². The van der Waals surface area contributed by atoms with Crippen molar-refractivity contribution >= 4 is 0 Å². The monoisotopic (exact) mass is 187 g/mol. The Balaban J connectivity index is 4.00. The van der Waals surface area contributed by atoms with E-state index in [0.29, 0.717) is 0 Å². The molecule has 0 unspecified atom stereocenters. The van der Waals surface area contributed by atoms with Crippen LogP contribution >= 0.6 is 0 Å². The van der Waals surface area contributed by atoms with Crippen LogP contribution in [0, 0.1) is 0 Å². The SMILES string of the molecule is CN[C@@H](C[C@H](O)CO)C(F)(F)F. The van der Waals surface area contributed by atoms with Gasteiger partial charge in [-0.1, -0.05) is 0 Å². The minimum atomic E-state index is -4.38. The first kappa shape index (κ1) is 11.7. The van der Waals surface area contributed by atoms with Gasteiger partial charge in [0.05, 0.1) is 12.7 Å². The van der Waals surface area contributed by atoms with Crippen LogP contribution in [0.4, 0.5) is 13.2 Å². The van der Waals surface area contributed by atoms with Crippen LogP contribution < -0.4 is 5.32 Å². The topological polar surface area (TPSA) is 52.5 Å². The summed E-state index contributed by atoms with van der Waals surface area (Å²) in [6, 6.07) is -1.76. The van der Waals surface area contributed by atoms with E-state index in [4.69, 9.17) is 10.2 Å². The lowest BCUT2D eigenvalue weighted by Gasteiger charge is -2.21. The van der Waals surface area contributed by atoms with Gasteiger partial charge in [0, 0.05) is 0 Å². The van der Waals surface area contributed by atoms with Crippen molar-refractivity contribution < 1.29 is 23.4 Å². The average molecular weight is 187 g/mol. The Labute approximate surface area is 68.2 Å². The Morgan fingerprint density at radius 2 is 1.92 bits per heavy atom. The van der Waals surface area contributed by atoms with Crippen molar-refractivity contribution in [2.45, 2.75) is 24.7 Å². The molecule has 0 radical (unpaired) electrons. The largest absolute Gasteiger partial charge is 0.403 e. The van der Waals surface area contributed by atoms with Crippen molar-refractivity contribution in [1.82, 2.24) is 5.32 Å². The highest BCUT2D eigenvalue weighted by atomic mass is 19.4. The summed E-state index contributed by atoms with van der Waals surface area (Å²) >= 11 is 0. The molecule has 74 valence electrons. The first-order valence-electron chi connectivity index (χ1n) is 3.44. The molecule has 0 aliphatic heterocycles. The van der Waals surface area contributed by atoms with Gasteiger partial charge < -0.3 is 15.5 Å². The van der Waals surface area contributed by atoms with Crippen LogP contribution in [0.3, 0.4) is 0 Å². The molecule has 0 amide bonds.